The van der Waals surface area contributed by atoms with Crippen molar-refractivity contribution in [3.8, 4) is 0 Å². The molecule has 32 heavy (non-hydrogen) atoms. The summed E-state index contributed by atoms with van der Waals surface area (Å²) in [6.07, 6.45) is 5.15. The zero-order valence-electron chi connectivity index (χ0n) is 17.7. The maximum atomic E-state index is 13.6. The summed E-state index contributed by atoms with van der Waals surface area (Å²) >= 11 is 12.2. The Morgan fingerprint density at radius 2 is 1.69 bits per heavy atom. The van der Waals surface area contributed by atoms with Crippen molar-refractivity contribution in [1.82, 2.24) is 9.21 Å². The first-order valence-electron chi connectivity index (χ1n) is 11.2. The zero-order valence-corrected chi connectivity index (χ0v) is 20.0. The van der Waals surface area contributed by atoms with E-state index in [1.54, 1.807) is 6.07 Å². The third kappa shape index (κ3) is 4.07. The Morgan fingerprint density at radius 1 is 0.969 bits per heavy atom. The number of nitrogens with zero attached hydrogens (tertiary/aromatic N) is 2. The molecule has 2 aromatic carbocycles. The van der Waals surface area contributed by atoms with Gasteiger partial charge >= 0.3 is 0 Å². The average molecular weight is 493 g/mol. The van der Waals surface area contributed by atoms with Crippen LogP contribution in [-0.4, -0.2) is 42.7 Å². The molecule has 0 aromatic heterocycles. The Bertz CT molecular complexity index is 1140. The normalized spacial score (nSPS) is 22.0. The molecule has 1 aliphatic heterocycles. The number of sulfonamides is 1. The summed E-state index contributed by atoms with van der Waals surface area (Å²) in [5.74, 6) is 0.0386. The number of aryl methyl sites for hydroxylation is 1. The molecule has 0 spiro atoms. The van der Waals surface area contributed by atoms with E-state index in [9.17, 15) is 13.2 Å². The Morgan fingerprint density at radius 3 is 2.41 bits per heavy atom. The van der Waals surface area contributed by atoms with E-state index < -0.39 is 10.0 Å². The van der Waals surface area contributed by atoms with E-state index in [-0.39, 0.29) is 27.8 Å². The van der Waals surface area contributed by atoms with Gasteiger partial charge in [0.05, 0.1) is 11.1 Å². The summed E-state index contributed by atoms with van der Waals surface area (Å²) in [5, 5.41) is 0.488. The third-order valence-corrected chi connectivity index (χ3v) is 9.56. The van der Waals surface area contributed by atoms with Crippen LogP contribution in [0, 0.1) is 5.92 Å². The van der Waals surface area contributed by atoms with Gasteiger partial charge in [-0.2, -0.15) is 4.31 Å². The van der Waals surface area contributed by atoms with Gasteiger partial charge in [0.2, 0.25) is 15.9 Å². The number of hydrogen-bond acceptors (Lipinski definition) is 3. The van der Waals surface area contributed by atoms with Crippen LogP contribution in [0.5, 0.6) is 0 Å². The molecular weight excluding hydrogens is 467 g/mol. The average Bonchev–Trinajstić information content (AvgIpc) is 3.55. The fourth-order valence-corrected chi connectivity index (χ4v) is 7.34. The van der Waals surface area contributed by atoms with Crippen LogP contribution >= 0.6 is 23.2 Å². The molecule has 2 aliphatic carbocycles. The van der Waals surface area contributed by atoms with Crippen LogP contribution in [0.3, 0.4) is 0 Å². The Kier molecular flexibility index (Phi) is 5.99. The van der Waals surface area contributed by atoms with E-state index in [0.29, 0.717) is 37.0 Å². The Hall–Kier alpha value is -1.60. The van der Waals surface area contributed by atoms with Crippen molar-refractivity contribution in [2.45, 2.75) is 55.5 Å². The molecule has 8 heteroatoms. The molecule has 2 fully saturated rings. The predicted octanol–water partition coefficient (Wildman–Crippen LogP) is 5.07. The highest BCUT2D eigenvalue weighted by Gasteiger charge is 2.43. The molecule has 170 valence electrons. The number of piperidine rings is 1. The topological polar surface area (TPSA) is 57.7 Å². The number of rotatable bonds is 5. The van der Waals surface area contributed by atoms with Crippen LogP contribution in [0.1, 0.15) is 49.3 Å². The molecule has 1 amide bonds. The van der Waals surface area contributed by atoms with Gasteiger partial charge in [-0.15, -0.1) is 0 Å². The van der Waals surface area contributed by atoms with Gasteiger partial charge in [-0.25, -0.2) is 8.42 Å². The monoisotopic (exact) mass is 492 g/mol. The van der Waals surface area contributed by atoms with Crippen molar-refractivity contribution >= 4 is 39.1 Å². The van der Waals surface area contributed by atoms with E-state index in [0.717, 1.165) is 25.7 Å². The fourth-order valence-electron chi connectivity index (χ4n) is 5.13. The lowest BCUT2D eigenvalue weighted by Crippen LogP contribution is -2.46. The molecule has 1 atom stereocenters. The van der Waals surface area contributed by atoms with Crippen LogP contribution < -0.4 is 0 Å². The highest BCUT2D eigenvalue weighted by Crippen LogP contribution is 2.43. The number of amides is 1. The van der Waals surface area contributed by atoms with E-state index in [2.05, 4.69) is 29.2 Å². The molecule has 0 N–H and O–H groups in total. The molecule has 1 saturated heterocycles. The van der Waals surface area contributed by atoms with Crippen molar-refractivity contribution in [2.75, 3.05) is 13.1 Å². The summed E-state index contributed by atoms with van der Waals surface area (Å²) in [6.45, 7) is 0.614. The van der Waals surface area contributed by atoms with Crippen molar-refractivity contribution in [1.29, 1.82) is 0 Å². The lowest BCUT2D eigenvalue weighted by atomic mass is 9.95. The SMILES string of the molecule is O=C(C1CCN(S(=O)(=O)c2cc(Cl)ccc2Cl)CC1)N(C1CC1)C1CCc2ccccc21. The van der Waals surface area contributed by atoms with E-state index in [1.807, 2.05) is 0 Å². The number of hydrogen-bond donors (Lipinski definition) is 0. The van der Waals surface area contributed by atoms with Crippen molar-refractivity contribution in [2.24, 2.45) is 5.92 Å². The standard InChI is InChI=1S/C24H26Cl2N2O3S/c25-18-6-9-21(26)23(15-18)32(30,31)27-13-11-17(12-14-27)24(29)28(19-7-8-19)22-10-5-16-3-1-2-4-20(16)22/h1-4,6,9,15,17,19,22H,5,7-8,10-14H2. The maximum Gasteiger partial charge on any atom is 0.244 e. The number of fused-ring (bicyclic) bond motifs is 1. The smallest absolute Gasteiger partial charge is 0.244 e. The molecule has 5 rings (SSSR count). The number of halogens is 2. The first-order chi connectivity index (χ1) is 15.4. The predicted molar refractivity (Wildman–Crippen MR) is 125 cm³/mol. The van der Waals surface area contributed by atoms with Gasteiger partial charge in [-0.3, -0.25) is 4.79 Å². The van der Waals surface area contributed by atoms with Crippen molar-refractivity contribution in [3.63, 3.8) is 0 Å². The largest absolute Gasteiger partial charge is 0.332 e. The van der Waals surface area contributed by atoms with Crippen molar-refractivity contribution < 1.29 is 13.2 Å². The van der Waals surface area contributed by atoms with Gasteiger partial charge in [0.25, 0.3) is 0 Å². The number of carbonyl (C=O) groups is 1. The molecule has 2 aromatic rings. The summed E-state index contributed by atoms with van der Waals surface area (Å²) < 4.78 is 27.7. The van der Waals surface area contributed by atoms with Gasteiger partial charge in [0.15, 0.2) is 0 Å². The second-order valence-electron chi connectivity index (χ2n) is 8.98. The number of carbonyl (C=O) groups excluding carboxylic acids is 1. The van der Waals surface area contributed by atoms with Crippen LogP contribution in [0.25, 0.3) is 0 Å². The lowest BCUT2D eigenvalue weighted by molar-refractivity contribution is -0.140. The van der Waals surface area contributed by atoms with E-state index in [1.165, 1.54) is 27.6 Å². The zero-order chi connectivity index (χ0) is 22.5. The highest BCUT2D eigenvalue weighted by atomic mass is 35.5. The molecule has 1 heterocycles. The summed E-state index contributed by atoms with van der Waals surface area (Å²) in [6, 6.07) is 13.4. The minimum absolute atomic E-state index is 0.0265. The van der Waals surface area contributed by atoms with Gasteiger partial charge in [-0.05, 0) is 67.9 Å². The Labute approximate surface area is 199 Å². The molecule has 0 radical (unpaired) electrons. The van der Waals surface area contributed by atoms with Crippen LogP contribution in [0.2, 0.25) is 10.0 Å². The molecule has 5 nitrogen and oxygen atoms in total. The molecule has 1 saturated carbocycles. The minimum atomic E-state index is -3.75. The first-order valence-corrected chi connectivity index (χ1v) is 13.4. The van der Waals surface area contributed by atoms with E-state index in [4.69, 9.17) is 23.2 Å². The van der Waals surface area contributed by atoms with Crippen LogP contribution in [0.4, 0.5) is 0 Å². The van der Waals surface area contributed by atoms with Crippen LogP contribution in [-0.2, 0) is 21.2 Å². The summed E-state index contributed by atoms with van der Waals surface area (Å²) in [4.78, 5) is 15.8. The quantitative estimate of drug-likeness (QED) is 0.584. The van der Waals surface area contributed by atoms with E-state index >= 15 is 0 Å². The number of benzene rings is 2. The van der Waals surface area contributed by atoms with Crippen molar-refractivity contribution in [3.05, 3.63) is 63.6 Å². The summed E-state index contributed by atoms with van der Waals surface area (Å²) in [5.41, 5.74) is 2.62. The van der Waals surface area contributed by atoms with Gasteiger partial charge < -0.3 is 4.90 Å². The Balaban J connectivity index is 1.30. The van der Waals surface area contributed by atoms with Gasteiger partial charge in [-0.1, -0.05) is 47.5 Å². The third-order valence-electron chi connectivity index (χ3n) is 6.95. The highest BCUT2D eigenvalue weighted by molar-refractivity contribution is 7.89. The second-order valence-corrected chi connectivity index (χ2v) is 11.7. The first kappa shape index (κ1) is 22.2. The molecular formula is C24H26Cl2N2O3S. The lowest BCUT2D eigenvalue weighted by Gasteiger charge is -2.36. The fraction of sp³-hybridized carbons (Fsp3) is 0.458. The molecule has 3 aliphatic rings. The molecule has 1 unspecified atom stereocenters. The summed E-state index contributed by atoms with van der Waals surface area (Å²) in [7, 11) is -3.75. The molecule has 0 bridgehead atoms. The van der Waals surface area contributed by atoms with Gasteiger partial charge in [0.1, 0.15) is 4.90 Å². The van der Waals surface area contributed by atoms with Crippen LogP contribution in [0.15, 0.2) is 47.4 Å². The maximum absolute atomic E-state index is 13.6. The van der Waals surface area contributed by atoms with Gasteiger partial charge in [0, 0.05) is 30.1 Å². The minimum Gasteiger partial charge on any atom is -0.332 e. The second kappa shape index (κ2) is 8.64.